The Morgan fingerprint density at radius 1 is 0.301 bits per heavy atom. The van der Waals surface area contributed by atoms with Gasteiger partial charge in [0.2, 0.25) is 88.6 Å². The summed E-state index contributed by atoms with van der Waals surface area (Å²) < 4.78 is 0. The molecular formula is C88H160N40O18. The van der Waals surface area contributed by atoms with Gasteiger partial charge in [-0.3, -0.25) is 115 Å². The number of hydrogen-bond acceptors (Lipinski definition) is 26. The Hall–Kier alpha value is -14.4. The molecule has 5 rings (SSSR count). The van der Waals surface area contributed by atoms with Crippen molar-refractivity contribution in [2.75, 3.05) is 91.7 Å². The fourth-order valence-electron chi connectivity index (χ4n) is 18.0. The molecule has 0 unspecified atom stereocenters. The van der Waals surface area contributed by atoms with Gasteiger partial charge in [0.05, 0.1) is 12.6 Å². The SMILES string of the molecule is CC[C@H](C)[C@H](NC(=O)[C@H](CCCNC(=N)N)NC(=O)[C@@H](N)CCCNC(=N)N)C(=O)N[C@@H](CCCNC(=N)N)C(=O)N[C@@H](CO)C(=O)N[C@@H](CCCNC(=N)N)C(=O)N1CCC[C@H]1C(=O)N1CCC[C@H]1C(=O)N[C@@H](CCCNC(=N)N)C(=O)N[C@@H](CC(C)C)C(=O)N1CCC[C@H]1C(=O)N[C@@H](CCCNC(=N)N)C(=O)N1CCC[C@H]1C(=O)N[C@@H](CCCNC(=N)N)C(=O)N1CCC[C@H]1C(=O)N[C@@H](CCCNC(=N)N)C(=O)O. The standard InChI is InChI=1S/C88H160N40O18/c1-5-48(4)64(123-68(133)52(22-9-35-109-84(96)97)114-65(130)49(89)19-6-32-106-81(90)91)74(139)116-51(21-8-34-108-83(94)95)67(132)122-58(46-129)69(134)117-53(23-10-36-110-85(98)99)77(142)128-44-18-31-63(128)79(144)127-43-17-30-62(127)70(135)115-50(20-7-33-107-82(92)93)66(131)121-57(45-47(2)3)78(143)126-42-16-28-60(126)72(137)119-54(24-11-37-111-86(100)101)75(140)124-40-14-27-59(124)71(136)118-55(25-12-38-112-87(102)103)76(141)125-41-15-29-61(125)73(138)120-56(80(145)146)26-13-39-113-88(104)105/h47-64,129H,5-46,89H2,1-4H3,(H,114,130)(H,115,135)(H,116,139)(H,117,134)(H,118,136)(H,119,137)(H,120,138)(H,121,131)(H,122,132)(H,123,133)(H,145,146)(H4,90,91,106)(H4,92,93,107)(H4,94,95,108)(H4,96,97,109)(H4,98,99,110)(H4,100,101,111)(H4,102,103,112)(H4,104,105,113)/t48-,49-,50-,51-,52-,53-,54-,55-,56-,57-,58-,59-,60-,61-,62-,63-,64-/m0/s1. The van der Waals surface area contributed by atoms with Crippen molar-refractivity contribution < 1.29 is 86.9 Å². The number of aliphatic hydroxyl groups excluding tert-OH is 1. The van der Waals surface area contributed by atoms with Crippen LogP contribution in [0.3, 0.4) is 0 Å². The van der Waals surface area contributed by atoms with Crippen LogP contribution in [0.15, 0.2) is 0 Å². The topological polar surface area (TPSA) is 971 Å². The van der Waals surface area contributed by atoms with Gasteiger partial charge < -0.3 is 182 Å². The number of amides is 15. The second kappa shape index (κ2) is 63.0. The van der Waals surface area contributed by atoms with Gasteiger partial charge >= 0.3 is 5.97 Å². The zero-order valence-electron chi connectivity index (χ0n) is 83.9. The molecule has 5 aliphatic heterocycles. The number of likely N-dealkylation sites (tertiary alicyclic amines) is 5. The number of carbonyl (C=O) groups excluding carboxylic acids is 15. The Balaban J connectivity index is 1.36. The number of nitrogens with one attached hydrogen (secondary N) is 26. The molecule has 17 atom stereocenters. The number of aliphatic carboxylic acids is 1. The van der Waals surface area contributed by atoms with Gasteiger partial charge in [-0.1, -0.05) is 34.1 Å². The lowest BCUT2D eigenvalue weighted by Crippen LogP contribution is -2.61. The molecule has 5 fully saturated rings. The van der Waals surface area contributed by atoms with Crippen molar-refractivity contribution in [3.05, 3.63) is 0 Å². The minimum absolute atomic E-state index is 0.00150. The van der Waals surface area contributed by atoms with Crippen molar-refractivity contribution in [2.24, 2.45) is 63.4 Å². The number of aliphatic hydroxyl groups is 1. The summed E-state index contributed by atoms with van der Waals surface area (Å²) in [6, 6.07) is -21.7. The molecule has 0 saturated carbocycles. The Kier molecular flexibility index (Phi) is 52.7. The van der Waals surface area contributed by atoms with Gasteiger partial charge in [0.25, 0.3) is 0 Å². The first kappa shape index (κ1) is 122. The molecule has 5 heterocycles. The largest absolute Gasteiger partial charge is 0.480 e. The molecular weight excluding hydrogens is 1910 g/mol. The Morgan fingerprint density at radius 2 is 0.541 bits per heavy atom. The molecule has 0 aromatic rings. The van der Waals surface area contributed by atoms with Crippen LogP contribution in [0.4, 0.5) is 0 Å². The summed E-state index contributed by atoms with van der Waals surface area (Å²) in [6.45, 7) is 6.55. The average Bonchev–Trinajstić information content (AvgIpc) is 1.65. The fourth-order valence-corrected chi connectivity index (χ4v) is 18.0. The third-order valence-electron chi connectivity index (χ3n) is 25.7. The maximum absolute atomic E-state index is 15.3. The number of guanidine groups is 8. The van der Waals surface area contributed by atoms with Gasteiger partial charge in [0, 0.05) is 85.1 Å². The van der Waals surface area contributed by atoms with E-state index in [1.165, 1.54) is 24.5 Å². The zero-order chi connectivity index (χ0) is 109. The summed E-state index contributed by atoms with van der Waals surface area (Å²) in [6.07, 6.45) is 2.75. The first-order valence-corrected chi connectivity index (χ1v) is 50.0. The van der Waals surface area contributed by atoms with Gasteiger partial charge in [-0.15, -0.1) is 0 Å². The molecule has 0 aliphatic carbocycles. The number of carboxylic acid groups (broad SMARTS) is 1. The molecule has 0 aromatic carbocycles. The lowest BCUT2D eigenvalue weighted by molar-refractivity contribution is -0.148. The van der Waals surface area contributed by atoms with E-state index in [1.54, 1.807) is 27.7 Å². The van der Waals surface area contributed by atoms with Crippen molar-refractivity contribution in [2.45, 2.75) is 304 Å². The smallest absolute Gasteiger partial charge is 0.326 e. The van der Waals surface area contributed by atoms with Gasteiger partial charge in [-0.2, -0.15) is 0 Å². The molecule has 15 amide bonds. The van der Waals surface area contributed by atoms with Crippen LogP contribution in [0.25, 0.3) is 0 Å². The normalized spacial score (nSPS) is 18.8. The maximum Gasteiger partial charge on any atom is 0.326 e. The van der Waals surface area contributed by atoms with Crippen molar-refractivity contribution in [1.29, 1.82) is 43.3 Å². The third kappa shape index (κ3) is 41.4. The van der Waals surface area contributed by atoms with E-state index in [1.807, 2.05) is 0 Å². The van der Waals surface area contributed by atoms with E-state index < -0.39 is 222 Å². The van der Waals surface area contributed by atoms with E-state index in [0.717, 1.165) is 0 Å². The van der Waals surface area contributed by atoms with Gasteiger partial charge in [0.15, 0.2) is 47.7 Å². The van der Waals surface area contributed by atoms with Crippen LogP contribution in [0, 0.1) is 55.1 Å². The summed E-state index contributed by atoms with van der Waals surface area (Å²) in [5.74, 6) is -17.3. The highest BCUT2D eigenvalue weighted by molar-refractivity contribution is 6.02. The molecule has 0 bridgehead atoms. The fraction of sp³-hybridized carbons (Fsp3) is 0.727. The second-order valence-corrected chi connectivity index (χ2v) is 37.5. The molecule has 146 heavy (non-hydrogen) atoms. The van der Waals surface area contributed by atoms with Crippen molar-refractivity contribution in [3.63, 3.8) is 0 Å². The molecule has 0 aromatic heterocycles. The molecule has 5 saturated heterocycles. The van der Waals surface area contributed by atoms with Crippen molar-refractivity contribution in [1.82, 2.24) is 120 Å². The number of carboxylic acids is 1. The summed E-state index contributed by atoms with van der Waals surface area (Å²) in [4.78, 5) is 239. The number of nitrogens with two attached hydrogens (primary N) is 9. The maximum atomic E-state index is 15.3. The van der Waals surface area contributed by atoms with Gasteiger partial charge in [0.1, 0.15) is 90.6 Å². The Morgan fingerprint density at radius 3 is 0.870 bits per heavy atom. The molecule has 820 valence electrons. The Bertz CT molecular complexity index is 4510. The molecule has 0 radical (unpaired) electrons. The highest BCUT2D eigenvalue weighted by Crippen LogP contribution is 2.30. The number of carbonyl (C=O) groups is 16. The predicted molar refractivity (Wildman–Crippen MR) is 538 cm³/mol. The first-order valence-electron chi connectivity index (χ1n) is 50.0. The minimum Gasteiger partial charge on any atom is -0.480 e. The number of nitrogens with zero attached hydrogens (tertiary/aromatic N) is 5. The van der Waals surface area contributed by atoms with Crippen LogP contribution in [0.1, 0.15) is 207 Å². The first-order chi connectivity index (χ1) is 69.2. The average molecular weight is 2070 g/mol. The quantitative estimate of drug-likeness (QED) is 0.0153. The lowest BCUT2D eigenvalue weighted by Gasteiger charge is -2.34. The van der Waals surface area contributed by atoms with E-state index >= 15 is 24.0 Å². The zero-order valence-corrected chi connectivity index (χ0v) is 83.9. The van der Waals surface area contributed by atoms with Crippen LogP contribution in [-0.2, 0) is 76.7 Å². The summed E-state index contributed by atoms with van der Waals surface area (Å²) in [7, 11) is 0. The van der Waals surface area contributed by atoms with Crippen LogP contribution < -0.4 is 147 Å². The Labute approximate surface area is 848 Å². The molecule has 58 heteroatoms. The van der Waals surface area contributed by atoms with Gasteiger partial charge in [-0.25, -0.2) is 4.79 Å². The summed E-state index contributed by atoms with van der Waals surface area (Å²) in [5.41, 5.74) is 50.4. The second-order valence-electron chi connectivity index (χ2n) is 37.5. The molecule has 58 nitrogen and oxygen atoms in total. The predicted octanol–water partition coefficient (Wildman–Crippen LogP) is -10.6. The highest BCUT2D eigenvalue weighted by atomic mass is 16.4. The highest BCUT2D eigenvalue weighted by Gasteiger charge is 2.49. The van der Waals surface area contributed by atoms with Crippen LogP contribution in [-0.4, -0.2) is 365 Å². The number of hydrogen-bond donors (Lipinski definition) is 37. The molecule has 0 spiro atoms. The van der Waals surface area contributed by atoms with Crippen LogP contribution in [0.5, 0.6) is 0 Å². The summed E-state index contributed by atoms with van der Waals surface area (Å²) >= 11 is 0. The van der Waals surface area contributed by atoms with E-state index in [-0.39, 0.29) is 281 Å². The van der Waals surface area contributed by atoms with Crippen molar-refractivity contribution >= 4 is 142 Å². The van der Waals surface area contributed by atoms with Crippen LogP contribution in [0.2, 0.25) is 0 Å². The molecule has 5 aliphatic rings. The van der Waals surface area contributed by atoms with E-state index in [0.29, 0.717) is 19.3 Å². The monoisotopic (exact) mass is 2070 g/mol. The third-order valence-corrected chi connectivity index (χ3v) is 25.7. The van der Waals surface area contributed by atoms with Crippen LogP contribution >= 0.6 is 0 Å². The minimum atomic E-state index is -1.84. The van der Waals surface area contributed by atoms with E-state index in [4.69, 9.17) is 94.9 Å². The van der Waals surface area contributed by atoms with E-state index in [2.05, 4.69) is 95.7 Å². The number of rotatable bonds is 63. The van der Waals surface area contributed by atoms with Gasteiger partial charge in [-0.05, 0) is 185 Å². The van der Waals surface area contributed by atoms with Crippen molar-refractivity contribution in [3.8, 4) is 0 Å². The lowest BCUT2D eigenvalue weighted by atomic mass is 9.96. The summed E-state index contributed by atoms with van der Waals surface area (Å²) in [5, 5.41) is 130. The van der Waals surface area contributed by atoms with E-state index in [9.17, 15) is 63.0 Å². The molecule has 46 N–H and O–H groups in total.